The maximum absolute atomic E-state index is 12.2. The number of para-hydroxylation sites is 1. The van der Waals surface area contributed by atoms with Crippen LogP contribution in [-0.2, 0) is 10.1 Å². The second kappa shape index (κ2) is 10.9. The van der Waals surface area contributed by atoms with Gasteiger partial charge in [0.2, 0.25) is 0 Å². The van der Waals surface area contributed by atoms with Crippen molar-refractivity contribution in [2.24, 2.45) is 4.99 Å². The van der Waals surface area contributed by atoms with Gasteiger partial charge in [-0.1, -0.05) is 36.4 Å². The van der Waals surface area contributed by atoms with Crippen molar-refractivity contribution in [2.75, 3.05) is 5.32 Å². The summed E-state index contributed by atoms with van der Waals surface area (Å²) in [5.41, 5.74) is 6.63. The first kappa shape index (κ1) is 27.9. The summed E-state index contributed by atoms with van der Waals surface area (Å²) in [5, 5.41) is 14.7. The minimum atomic E-state index is -4.34. The van der Waals surface area contributed by atoms with E-state index in [0.29, 0.717) is 39.1 Å². The molecule has 0 atom stereocenters. The van der Waals surface area contributed by atoms with Crippen molar-refractivity contribution in [1.82, 2.24) is 0 Å². The minimum Gasteiger partial charge on any atom is -0.478 e. The third kappa shape index (κ3) is 5.51. The van der Waals surface area contributed by atoms with Crippen LogP contribution in [0.1, 0.15) is 21.5 Å². The summed E-state index contributed by atoms with van der Waals surface area (Å²) in [5.74, 6) is -0.546. The van der Waals surface area contributed by atoms with Gasteiger partial charge in [-0.25, -0.2) is 9.79 Å². The number of hydrogen-bond acceptors (Lipinski definition) is 6. The number of rotatable bonds is 6. The number of anilines is 2. The fourth-order valence-electron chi connectivity index (χ4n) is 5.13. The van der Waals surface area contributed by atoms with E-state index in [-0.39, 0.29) is 10.5 Å². The summed E-state index contributed by atoms with van der Waals surface area (Å²) in [4.78, 5) is 16.7. The predicted octanol–water partition coefficient (Wildman–Crippen LogP) is 7.74. The lowest BCUT2D eigenvalue weighted by Crippen LogP contribution is -2.05. The van der Waals surface area contributed by atoms with Crippen LogP contribution in [0.4, 0.5) is 17.1 Å². The highest BCUT2D eigenvalue weighted by Crippen LogP contribution is 2.42. The van der Waals surface area contributed by atoms with Crippen LogP contribution in [0.3, 0.4) is 0 Å². The molecule has 1 aliphatic heterocycles. The standard InChI is InChI=1S/C34H26N2O6S/c1-20-7-3-6-10-29(20)35-22-11-14-27-31(18-22)42-32-19-23(36-30-16-13-24(17-21(30)2)43(39,40)41)12-15-28(32)33(27)25-8-4-5-9-26(25)34(37)38/h3-19,35H,1-2H3,(H,37,38)(H,39,40,41)/b36-23+. The van der Waals surface area contributed by atoms with E-state index in [9.17, 15) is 22.9 Å². The first-order chi connectivity index (χ1) is 20.6. The first-order valence-electron chi connectivity index (χ1n) is 13.4. The Morgan fingerprint density at radius 1 is 0.814 bits per heavy atom. The minimum absolute atomic E-state index is 0.168. The maximum Gasteiger partial charge on any atom is 0.336 e. The van der Waals surface area contributed by atoms with E-state index in [1.54, 1.807) is 43.3 Å². The van der Waals surface area contributed by atoms with Gasteiger partial charge in [0, 0.05) is 40.0 Å². The molecule has 4 aromatic carbocycles. The van der Waals surface area contributed by atoms with Gasteiger partial charge >= 0.3 is 5.97 Å². The molecule has 6 rings (SSSR count). The first-order valence-corrected chi connectivity index (χ1v) is 14.8. The molecular formula is C34H26N2O6S. The highest BCUT2D eigenvalue weighted by molar-refractivity contribution is 7.85. The van der Waals surface area contributed by atoms with Gasteiger partial charge in [-0.2, -0.15) is 8.42 Å². The van der Waals surface area contributed by atoms with Crippen molar-refractivity contribution >= 4 is 44.1 Å². The van der Waals surface area contributed by atoms with Crippen molar-refractivity contribution in [1.29, 1.82) is 0 Å². The van der Waals surface area contributed by atoms with Crippen LogP contribution in [0, 0.1) is 13.8 Å². The zero-order chi connectivity index (χ0) is 30.3. The van der Waals surface area contributed by atoms with Crippen LogP contribution in [0.25, 0.3) is 33.4 Å². The van der Waals surface area contributed by atoms with Crippen molar-refractivity contribution in [3.63, 3.8) is 0 Å². The molecule has 0 saturated heterocycles. The summed E-state index contributed by atoms with van der Waals surface area (Å²) >= 11 is 0. The lowest BCUT2D eigenvalue weighted by Gasteiger charge is -2.18. The Morgan fingerprint density at radius 2 is 1.58 bits per heavy atom. The molecule has 8 nitrogen and oxygen atoms in total. The zero-order valence-corrected chi connectivity index (χ0v) is 24.0. The highest BCUT2D eigenvalue weighted by Gasteiger charge is 2.21. The second-order valence-electron chi connectivity index (χ2n) is 10.2. The Labute approximate surface area is 247 Å². The van der Waals surface area contributed by atoms with Crippen molar-refractivity contribution in [2.45, 2.75) is 18.7 Å². The average Bonchev–Trinajstić information content (AvgIpc) is 2.97. The van der Waals surface area contributed by atoms with Crippen LogP contribution in [0.2, 0.25) is 0 Å². The number of aromatic carboxylic acids is 1. The van der Waals surface area contributed by atoms with Crippen LogP contribution >= 0.6 is 0 Å². The molecule has 214 valence electrons. The Bertz CT molecular complexity index is 2200. The largest absolute Gasteiger partial charge is 0.478 e. The van der Waals surface area contributed by atoms with E-state index >= 15 is 0 Å². The van der Waals surface area contributed by atoms with Gasteiger partial charge in [-0.05, 0) is 85.1 Å². The molecule has 0 bridgehead atoms. The maximum atomic E-state index is 12.2. The fourth-order valence-corrected chi connectivity index (χ4v) is 5.69. The van der Waals surface area contributed by atoms with Crippen molar-refractivity contribution in [3.8, 4) is 22.5 Å². The molecule has 0 saturated carbocycles. The van der Waals surface area contributed by atoms with Gasteiger partial charge < -0.3 is 14.8 Å². The smallest absolute Gasteiger partial charge is 0.336 e. The second-order valence-corrected chi connectivity index (χ2v) is 11.6. The van der Waals surface area contributed by atoms with Gasteiger partial charge in [0.1, 0.15) is 11.3 Å². The molecule has 3 N–H and O–H groups in total. The zero-order valence-electron chi connectivity index (χ0n) is 23.2. The number of nitrogens with one attached hydrogen (secondary N) is 1. The van der Waals surface area contributed by atoms with Gasteiger partial charge in [0.25, 0.3) is 10.1 Å². The van der Waals surface area contributed by atoms with Gasteiger partial charge in [-0.15, -0.1) is 0 Å². The third-order valence-corrected chi connectivity index (χ3v) is 8.12. The SMILES string of the molecule is Cc1cc(S(=O)(=O)O)ccc1/N=c1\ccc2c(-c3ccccc3C(=O)O)c3ccc(Nc4ccccc4C)cc3oc-2c1. The molecule has 0 radical (unpaired) electrons. The van der Waals surface area contributed by atoms with Crippen LogP contribution < -0.4 is 10.7 Å². The van der Waals surface area contributed by atoms with E-state index < -0.39 is 16.1 Å². The molecule has 9 heteroatoms. The highest BCUT2D eigenvalue weighted by atomic mass is 32.2. The molecule has 2 aliphatic rings. The number of benzene rings is 5. The quantitative estimate of drug-likeness (QED) is 0.134. The van der Waals surface area contributed by atoms with Gasteiger partial charge in [0.15, 0.2) is 0 Å². The molecule has 1 heterocycles. The number of hydrogen-bond donors (Lipinski definition) is 3. The van der Waals surface area contributed by atoms with Gasteiger partial charge in [-0.3, -0.25) is 4.55 Å². The Balaban J connectivity index is 1.57. The third-order valence-electron chi connectivity index (χ3n) is 7.27. The molecule has 0 unspecified atom stereocenters. The molecule has 1 aliphatic carbocycles. The van der Waals surface area contributed by atoms with Crippen LogP contribution in [0.5, 0.6) is 0 Å². The fraction of sp³-hybridized carbons (Fsp3) is 0.0588. The van der Waals surface area contributed by atoms with E-state index in [2.05, 4.69) is 10.3 Å². The number of carboxylic acid groups (broad SMARTS) is 1. The Kier molecular flexibility index (Phi) is 7.05. The molecule has 0 amide bonds. The summed E-state index contributed by atoms with van der Waals surface area (Å²) in [7, 11) is -4.34. The van der Waals surface area contributed by atoms with E-state index in [1.165, 1.54) is 18.2 Å². The van der Waals surface area contributed by atoms with E-state index in [4.69, 9.17) is 4.42 Å². The lowest BCUT2D eigenvalue weighted by atomic mass is 9.90. The number of carbonyl (C=O) groups is 1. The molecule has 43 heavy (non-hydrogen) atoms. The van der Waals surface area contributed by atoms with E-state index in [0.717, 1.165) is 27.9 Å². The van der Waals surface area contributed by atoms with Crippen molar-refractivity contribution in [3.05, 3.63) is 125 Å². The summed E-state index contributed by atoms with van der Waals surface area (Å²) in [6.45, 7) is 3.72. The number of carboxylic acids is 1. The van der Waals surface area contributed by atoms with E-state index in [1.807, 2.05) is 55.5 Å². The number of nitrogens with zero attached hydrogens (tertiary/aromatic N) is 1. The Morgan fingerprint density at radius 3 is 2.33 bits per heavy atom. The molecule has 0 fully saturated rings. The summed E-state index contributed by atoms with van der Waals surface area (Å²) in [6.07, 6.45) is 0. The van der Waals surface area contributed by atoms with Crippen molar-refractivity contribution < 1.29 is 27.3 Å². The molecule has 0 aromatic heterocycles. The van der Waals surface area contributed by atoms with Gasteiger partial charge in [0.05, 0.1) is 21.5 Å². The lowest BCUT2D eigenvalue weighted by molar-refractivity contribution is 0.0697. The topological polar surface area (TPSA) is 129 Å². The summed E-state index contributed by atoms with van der Waals surface area (Å²) < 4.78 is 38.9. The number of aryl methyl sites for hydroxylation is 2. The van der Waals surface area contributed by atoms with Crippen LogP contribution in [0.15, 0.2) is 117 Å². The molecule has 0 spiro atoms. The predicted molar refractivity (Wildman–Crippen MR) is 166 cm³/mol. The monoisotopic (exact) mass is 590 g/mol. The molecular weight excluding hydrogens is 564 g/mol. The molecule has 4 aromatic rings. The Hall–Kier alpha value is -5.25. The van der Waals surface area contributed by atoms with Crippen LogP contribution in [-0.4, -0.2) is 24.0 Å². The number of fused-ring (bicyclic) bond motifs is 2. The normalized spacial score (nSPS) is 12.1. The summed E-state index contributed by atoms with van der Waals surface area (Å²) in [6, 6.07) is 30.1. The average molecular weight is 591 g/mol.